The Kier molecular flexibility index (Phi) is 5.02. The Balaban J connectivity index is 2.09. The Morgan fingerprint density at radius 2 is 1.60 bits per heavy atom. The number of nitrogens with two attached hydrogens (primary N) is 1. The molecule has 3 nitrogen and oxygen atoms in total. The van der Waals surface area contributed by atoms with E-state index in [1.54, 1.807) is 0 Å². The standard InChI is InChI=1S/C17H21NO2/c1-3-19-17-10-15(11-18)8-9-16(17)20-12-14-6-4-13(2)5-7-14/h4-10H,3,11-12,18H2,1-2H3. The van der Waals surface area contributed by atoms with Crippen molar-refractivity contribution < 1.29 is 9.47 Å². The number of benzene rings is 2. The van der Waals surface area contributed by atoms with Crippen molar-refractivity contribution in [2.24, 2.45) is 5.73 Å². The lowest BCUT2D eigenvalue weighted by Gasteiger charge is -2.13. The molecule has 0 heterocycles. The van der Waals surface area contributed by atoms with Gasteiger partial charge in [0.2, 0.25) is 0 Å². The molecule has 2 rings (SSSR count). The molecule has 0 aliphatic carbocycles. The van der Waals surface area contributed by atoms with Crippen LogP contribution in [0.4, 0.5) is 0 Å². The zero-order chi connectivity index (χ0) is 14.4. The van der Waals surface area contributed by atoms with Crippen molar-refractivity contribution in [3.63, 3.8) is 0 Å². The number of aryl methyl sites for hydroxylation is 1. The molecule has 2 aromatic carbocycles. The lowest BCUT2D eigenvalue weighted by molar-refractivity contribution is 0.269. The highest BCUT2D eigenvalue weighted by Gasteiger charge is 2.06. The van der Waals surface area contributed by atoms with Crippen molar-refractivity contribution in [2.75, 3.05) is 6.61 Å². The molecule has 0 fully saturated rings. The highest BCUT2D eigenvalue weighted by atomic mass is 16.5. The first-order chi connectivity index (χ1) is 9.72. The van der Waals surface area contributed by atoms with Crippen LogP contribution in [0.5, 0.6) is 11.5 Å². The van der Waals surface area contributed by atoms with Crippen molar-refractivity contribution in [2.45, 2.75) is 27.0 Å². The van der Waals surface area contributed by atoms with E-state index in [2.05, 4.69) is 31.2 Å². The van der Waals surface area contributed by atoms with Crippen LogP contribution in [0.25, 0.3) is 0 Å². The van der Waals surface area contributed by atoms with Gasteiger partial charge in [-0.1, -0.05) is 35.9 Å². The van der Waals surface area contributed by atoms with E-state index in [1.165, 1.54) is 5.56 Å². The zero-order valence-electron chi connectivity index (χ0n) is 12.1. The minimum absolute atomic E-state index is 0.498. The molecule has 0 amide bonds. The van der Waals surface area contributed by atoms with Gasteiger partial charge in [0.1, 0.15) is 6.61 Å². The predicted molar refractivity (Wildman–Crippen MR) is 81.0 cm³/mol. The van der Waals surface area contributed by atoms with Crippen molar-refractivity contribution in [3.05, 3.63) is 59.2 Å². The number of hydrogen-bond acceptors (Lipinski definition) is 3. The summed E-state index contributed by atoms with van der Waals surface area (Å²) in [6, 6.07) is 14.1. The van der Waals surface area contributed by atoms with E-state index in [4.69, 9.17) is 15.2 Å². The Morgan fingerprint density at radius 1 is 0.900 bits per heavy atom. The maximum Gasteiger partial charge on any atom is 0.161 e. The Bertz CT molecular complexity index is 549. The quantitative estimate of drug-likeness (QED) is 0.875. The summed E-state index contributed by atoms with van der Waals surface area (Å²) in [5.41, 5.74) is 9.07. The summed E-state index contributed by atoms with van der Waals surface area (Å²) < 4.78 is 11.5. The zero-order valence-corrected chi connectivity index (χ0v) is 12.1. The number of rotatable bonds is 6. The maximum absolute atomic E-state index is 5.85. The molecule has 2 aromatic rings. The summed E-state index contributed by atoms with van der Waals surface area (Å²) in [5.74, 6) is 1.51. The van der Waals surface area contributed by atoms with Gasteiger partial charge < -0.3 is 15.2 Å². The third kappa shape index (κ3) is 3.75. The van der Waals surface area contributed by atoms with Crippen molar-refractivity contribution in [3.8, 4) is 11.5 Å². The molecule has 106 valence electrons. The van der Waals surface area contributed by atoms with E-state index < -0.39 is 0 Å². The van der Waals surface area contributed by atoms with Crippen LogP contribution in [-0.4, -0.2) is 6.61 Å². The first-order valence-corrected chi connectivity index (χ1v) is 6.87. The predicted octanol–water partition coefficient (Wildman–Crippen LogP) is 3.43. The van der Waals surface area contributed by atoms with Gasteiger partial charge in [0.15, 0.2) is 11.5 Å². The molecule has 0 aliphatic rings. The van der Waals surface area contributed by atoms with E-state index in [1.807, 2.05) is 25.1 Å². The normalized spacial score (nSPS) is 10.3. The van der Waals surface area contributed by atoms with Gasteiger partial charge in [-0.25, -0.2) is 0 Å². The molecule has 0 unspecified atom stereocenters. The van der Waals surface area contributed by atoms with Crippen LogP contribution in [0.3, 0.4) is 0 Å². The van der Waals surface area contributed by atoms with Crippen LogP contribution in [0.2, 0.25) is 0 Å². The highest BCUT2D eigenvalue weighted by Crippen LogP contribution is 2.29. The summed E-state index contributed by atoms with van der Waals surface area (Å²) >= 11 is 0. The molecule has 0 aliphatic heterocycles. The van der Waals surface area contributed by atoms with Crippen LogP contribution in [0.15, 0.2) is 42.5 Å². The van der Waals surface area contributed by atoms with Crippen LogP contribution in [0, 0.1) is 6.92 Å². The SMILES string of the molecule is CCOc1cc(CN)ccc1OCc1ccc(C)cc1. The minimum atomic E-state index is 0.498. The van der Waals surface area contributed by atoms with Gasteiger partial charge in [0, 0.05) is 6.54 Å². The van der Waals surface area contributed by atoms with E-state index in [0.29, 0.717) is 19.8 Å². The first-order valence-electron chi connectivity index (χ1n) is 6.87. The van der Waals surface area contributed by atoms with Gasteiger partial charge in [0.25, 0.3) is 0 Å². The molecule has 2 N–H and O–H groups in total. The summed E-state index contributed by atoms with van der Waals surface area (Å²) in [4.78, 5) is 0. The maximum atomic E-state index is 5.85. The van der Waals surface area contributed by atoms with Gasteiger partial charge in [-0.05, 0) is 37.1 Å². The van der Waals surface area contributed by atoms with Crippen LogP contribution >= 0.6 is 0 Å². The second-order valence-electron chi connectivity index (χ2n) is 4.69. The Hall–Kier alpha value is -2.00. The molecular formula is C17H21NO2. The van der Waals surface area contributed by atoms with Crippen LogP contribution in [-0.2, 0) is 13.2 Å². The molecule has 0 saturated carbocycles. The molecule has 0 aromatic heterocycles. The first kappa shape index (κ1) is 14.4. The van der Waals surface area contributed by atoms with Crippen molar-refractivity contribution in [1.82, 2.24) is 0 Å². The summed E-state index contributed by atoms with van der Waals surface area (Å²) in [5, 5.41) is 0. The third-order valence-corrected chi connectivity index (χ3v) is 3.06. The molecule has 0 saturated heterocycles. The fourth-order valence-corrected chi connectivity index (χ4v) is 1.91. The molecule has 0 atom stereocenters. The molecule has 0 bridgehead atoms. The molecule has 3 heteroatoms. The van der Waals surface area contributed by atoms with Crippen molar-refractivity contribution in [1.29, 1.82) is 0 Å². The van der Waals surface area contributed by atoms with Crippen molar-refractivity contribution >= 4 is 0 Å². The third-order valence-electron chi connectivity index (χ3n) is 3.06. The second-order valence-corrected chi connectivity index (χ2v) is 4.69. The fourth-order valence-electron chi connectivity index (χ4n) is 1.91. The summed E-state index contributed by atoms with van der Waals surface area (Å²) in [7, 11) is 0. The largest absolute Gasteiger partial charge is 0.490 e. The highest BCUT2D eigenvalue weighted by molar-refractivity contribution is 5.43. The topological polar surface area (TPSA) is 44.5 Å². The molecule has 20 heavy (non-hydrogen) atoms. The van der Waals surface area contributed by atoms with Gasteiger partial charge >= 0.3 is 0 Å². The van der Waals surface area contributed by atoms with E-state index in [-0.39, 0.29) is 0 Å². The molecular weight excluding hydrogens is 250 g/mol. The van der Waals surface area contributed by atoms with Crippen LogP contribution < -0.4 is 15.2 Å². The fraction of sp³-hybridized carbons (Fsp3) is 0.294. The minimum Gasteiger partial charge on any atom is -0.490 e. The van der Waals surface area contributed by atoms with E-state index >= 15 is 0 Å². The summed E-state index contributed by atoms with van der Waals surface area (Å²) in [6.45, 7) is 5.66. The van der Waals surface area contributed by atoms with E-state index in [9.17, 15) is 0 Å². The average molecular weight is 271 g/mol. The monoisotopic (exact) mass is 271 g/mol. The van der Waals surface area contributed by atoms with Gasteiger partial charge in [0.05, 0.1) is 6.61 Å². The molecule has 0 radical (unpaired) electrons. The second kappa shape index (κ2) is 6.96. The Morgan fingerprint density at radius 3 is 2.25 bits per heavy atom. The van der Waals surface area contributed by atoms with E-state index in [0.717, 1.165) is 22.6 Å². The van der Waals surface area contributed by atoms with Gasteiger partial charge in [-0.2, -0.15) is 0 Å². The number of ether oxygens (including phenoxy) is 2. The smallest absolute Gasteiger partial charge is 0.161 e. The average Bonchev–Trinajstić information content (AvgIpc) is 2.48. The van der Waals surface area contributed by atoms with Crippen LogP contribution in [0.1, 0.15) is 23.6 Å². The molecule has 0 spiro atoms. The summed E-state index contributed by atoms with van der Waals surface area (Å²) in [6.07, 6.45) is 0. The van der Waals surface area contributed by atoms with Gasteiger partial charge in [-0.15, -0.1) is 0 Å². The number of hydrogen-bond donors (Lipinski definition) is 1. The lowest BCUT2D eigenvalue weighted by atomic mass is 10.1. The lowest BCUT2D eigenvalue weighted by Crippen LogP contribution is -2.02. The van der Waals surface area contributed by atoms with Gasteiger partial charge in [-0.3, -0.25) is 0 Å². The Labute approximate surface area is 120 Å².